The molecule has 2 N–H and O–H groups in total. The number of aliphatic hydroxyl groups excluding tert-OH is 1. The number of hydrogen-bond acceptors (Lipinski definition) is 4. The van der Waals surface area contributed by atoms with Gasteiger partial charge < -0.3 is 20.1 Å². The van der Waals surface area contributed by atoms with Gasteiger partial charge in [-0.25, -0.2) is 0 Å². The number of nitrogens with zero attached hydrogens (tertiary/aromatic N) is 1. The number of benzene rings is 1. The van der Waals surface area contributed by atoms with Crippen molar-refractivity contribution in [2.45, 2.75) is 45.6 Å². The number of ether oxygens (including phenoxy) is 1. The molecule has 1 fully saturated rings. The summed E-state index contributed by atoms with van der Waals surface area (Å²) in [6.07, 6.45) is -0.0422. The minimum absolute atomic E-state index is 0.0426. The molecule has 118 valence electrons. The molecule has 0 spiro atoms. The summed E-state index contributed by atoms with van der Waals surface area (Å²) in [6.45, 7) is 8.56. The van der Waals surface area contributed by atoms with E-state index in [1.54, 1.807) is 0 Å². The van der Waals surface area contributed by atoms with E-state index in [1.165, 1.54) is 0 Å². The Bertz CT molecular complexity index is 468. The summed E-state index contributed by atoms with van der Waals surface area (Å²) in [4.78, 5) is 2.26. The third kappa shape index (κ3) is 4.33. The lowest BCUT2D eigenvalue weighted by Crippen LogP contribution is -2.48. The molecule has 2 atom stereocenters. The molecule has 0 amide bonds. The summed E-state index contributed by atoms with van der Waals surface area (Å²) in [6, 6.07) is 6.40. The highest BCUT2D eigenvalue weighted by Gasteiger charge is 2.26. The van der Waals surface area contributed by atoms with Crippen LogP contribution >= 0.6 is 11.6 Å². The van der Waals surface area contributed by atoms with Crippen LogP contribution in [0.1, 0.15) is 26.3 Å². The number of anilines is 1. The zero-order chi connectivity index (χ0) is 15.4. The van der Waals surface area contributed by atoms with Crippen LogP contribution in [0.2, 0.25) is 5.02 Å². The standard InChI is InChI=1S/C16H25ClN2O2/c1-11(2)18-7-14-15(17)5-4-6-16(14)19-8-12(3)21-13(9-19)10-20/h4-6,11-13,18,20H,7-10H2,1-3H3. The summed E-state index contributed by atoms with van der Waals surface area (Å²) < 4.78 is 5.72. The third-order valence-corrected chi connectivity index (χ3v) is 4.01. The highest BCUT2D eigenvalue weighted by molar-refractivity contribution is 6.31. The quantitative estimate of drug-likeness (QED) is 0.876. The van der Waals surface area contributed by atoms with E-state index in [2.05, 4.69) is 30.1 Å². The summed E-state index contributed by atoms with van der Waals surface area (Å²) >= 11 is 6.39. The molecular weight excluding hydrogens is 288 g/mol. The first-order valence-corrected chi connectivity index (χ1v) is 7.91. The number of morpholine rings is 1. The van der Waals surface area contributed by atoms with Gasteiger partial charge in [-0.05, 0) is 19.1 Å². The van der Waals surface area contributed by atoms with Gasteiger partial charge in [0.25, 0.3) is 0 Å². The SMILES string of the molecule is CC(C)NCc1c(Cl)cccc1N1CC(C)OC(CO)C1. The average molecular weight is 313 g/mol. The molecule has 21 heavy (non-hydrogen) atoms. The first-order chi connectivity index (χ1) is 10.0. The van der Waals surface area contributed by atoms with E-state index in [0.29, 0.717) is 12.6 Å². The fourth-order valence-electron chi connectivity index (χ4n) is 2.67. The minimum atomic E-state index is -0.140. The number of aliphatic hydroxyl groups is 1. The molecule has 0 bridgehead atoms. The lowest BCUT2D eigenvalue weighted by atomic mass is 10.1. The molecule has 1 aromatic carbocycles. The lowest BCUT2D eigenvalue weighted by molar-refractivity contribution is -0.0421. The van der Waals surface area contributed by atoms with Crippen molar-refractivity contribution in [2.75, 3.05) is 24.6 Å². The molecule has 2 rings (SSSR count). The topological polar surface area (TPSA) is 44.7 Å². The van der Waals surface area contributed by atoms with Crippen LogP contribution in [0.15, 0.2) is 18.2 Å². The second-order valence-corrected chi connectivity index (χ2v) is 6.34. The summed E-state index contributed by atoms with van der Waals surface area (Å²) in [5, 5.41) is 13.6. The lowest BCUT2D eigenvalue weighted by Gasteiger charge is -2.38. The monoisotopic (exact) mass is 312 g/mol. The zero-order valence-corrected chi connectivity index (χ0v) is 13.7. The van der Waals surface area contributed by atoms with Crippen molar-refractivity contribution in [2.24, 2.45) is 0 Å². The molecule has 4 nitrogen and oxygen atoms in total. The summed E-state index contributed by atoms with van der Waals surface area (Å²) in [5.41, 5.74) is 2.24. The van der Waals surface area contributed by atoms with Crippen LogP contribution in [0.3, 0.4) is 0 Å². The van der Waals surface area contributed by atoms with Gasteiger partial charge in [-0.15, -0.1) is 0 Å². The Labute approximate surface area is 132 Å². The highest BCUT2D eigenvalue weighted by Crippen LogP contribution is 2.29. The van der Waals surface area contributed by atoms with E-state index in [4.69, 9.17) is 16.3 Å². The van der Waals surface area contributed by atoms with E-state index in [9.17, 15) is 5.11 Å². The van der Waals surface area contributed by atoms with Crippen molar-refractivity contribution in [3.05, 3.63) is 28.8 Å². The first kappa shape index (κ1) is 16.6. The van der Waals surface area contributed by atoms with Gasteiger partial charge in [0.2, 0.25) is 0 Å². The van der Waals surface area contributed by atoms with Crippen LogP contribution in [-0.4, -0.2) is 43.1 Å². The van der Waals surface area contributed by atoms with Crippen LogP contribution in [0, 0.1) is 0 Å². The molecule has 0 saturated carbocycles. The molecular formula is C16H25ClN2O2. The van der Waals surface area contributed by atoms with Gasteiger partial charge >= 0.3 is 0 Å². The Morgan fingerprint density at radius 3 is 2.86 bits per heavy atom. The smallest absolute Gasteiger partial charge is 0.0984 e. The number of hydrogen-bond donors (Lipinski definition) is 2. The molecule has 1 saturated heterocycles. The van der Waals surface area contributed by atoms with Gasteiger partial charge in [0.05, 0.1) is 18.8 Å². The normalized spacial score (nSPS) is 22.9. The van der Waals surface area contributed by atoms with Crippen LogP contribution in [-0.2, 0) is 11.3 Å². The fraction of sp³-hybridized carbons (Fsp3) is 0.625. The Morgan fingerprint density at radius 1 is 1.43 bits per heavy atom. The predicted octanol–water partition coefficient (Wildman–Crippen LogP) is 2.42. The maximum Gasteiger partial charge on any atom is 0.0984 e. The molecule has 5 heteroatoms. The van der Waals surface area contributed by atoms with Gasteiger partial charge in [-0.2, -0.15) is 0 Å². The van der Waals surface area contributed by atoms with Crippen molar-refractivity contribution < 1.29 is 9.84 Å². The number of nitrogens with one attached hydrogen (secondary N) is 1. The largest absolute Gasteiger partial charge is 0.394 e. The molecule has 0 radical (unpaired) electrons. The van der Waals surface area contributed by atoms with E-state index in [0.717, 1.165) is 29.4 Å². The second-order valence-electron chi connectivity index (χ2n) is 5.93. The zero-order valence-electron chi connectivity index (χ0n) is 13.0. The van der Waals surface area contributed by atoms with Gasteiger partial charge in [0, 0.05) is 41.9 Å². The van der Waals surface area contributed by atoms with E-state index in [-0.39, 0.29) is 18.8 Å². The van der Waals surface area contributed by atoms with Gasteiger partial charge in [0.1, 0.15) is 0 Å². The molecule has 0 aliphatic carbocycles. The highest BCUT2D eigenvalue weighted by atomic mass is 35.5. The Kier molecular flexibility index (Phi) is 5.88. The van der Waals surface area contributed by atoms with Crippen LogP contribution in [0.25, 0.3) is 0 Å². The molecule has 2 unspecified atom stereocenters. The van der Waals surface area contributed by atoms with Crippen molar-refractivity contribution in [1.82, 2.24) is 5.32 Å². The Balaban J connectivity index is 2.23. The van der Waals surface area contributed by atoms with Crippen molar-refractivity contribution >= 4 is 17.3 Å². The Morgan fingerprint density at radius 2 is 2.19 bits per heavy atom. The first-order valence-electron chi connectivity index (χ1n) is 7.53. The predicted molar refractivity (Wildman–Crippen MR) is 87.1 cm³/mol. The molecule has 0 aromatic heterocycles. The van der Waals surface area contributed by atoms with Crippen molar-refractivity contribution in [3.8, 4) is 0 Å². The maximum absolute atomic E-state index is 9.38. The van der Waals surface area contributed by atoms with E-state index < -0.39 is 0 Å². The summed E-state index contributed by atoms with van der Waals surface area (Å²) in [5.74, 6) is 0. The van der Waals surface area contributed by atoms with Crippen molar-refractivity contribution in [1.29, 1.82) is 0 Å². The van der Waals surface area contributed by atoms with Gasteiger partial charge in [-0.3, -0.25) is 0 Å². The molecule has 1 heterocycles. The van der Waals surface area contributed by atoms with Crippen LogP contribution in [0.5, 0.6) is 0 Å². The van der Waals surface area contributed by atoms with Crippen LogP contribution in [0.4, 0.5) is 5.69 Å². The van der Waals surface area contributed by atoms with Gasteiger partial charge in [0.15, 0.2) is 0 Å². The maximum atomic E-state index is 9.38. The third-order valence-electron chi connectivity index (χ3n) is 3.65. The number of rotatable bonds is 5. The van der Waals surface area contributed by atoms with E-state index >= 15 is 0 Å². The molecule has 1 aromatic rings. The average Bonchev–Trinajstić information content (AvgIpc) is 2.44. The molecule has 1 aliphatic heterocycles. The van der Waals surface area contributed by atoms with Crippen molar-refractivity contribution in [3.63, 3.8) is 0 Å². The fourth-order valence-corrected chi connectivity index (χ4v) is 2.90. The molecule has 1 aliphatic rings. The second kappa shape index (κ2) is 7.45. The Hall–Kier alpha value is -0.810. The summed E-state index contributed by atoms with van der Waals surface area (Å²) in [7, 11) is 0. The minimum Gasteiger partial charge on any atom is -0.394 e. The number of halogens is 1. The van der Waals surface area contributed by atoms with Gasteiger partial charge in [-0.1, -0.05) is 31.5 Å². The van der Waals surface area contributed by atoms with Crippen LogP contribution < -0.4 is 10.2 Å². The van der Waals surface area contributed by atoms with E-state index in [1.807, 2.05) is 19.1 Å².